The van der Waals surface area contributed by atoms with Gasteiger partial charge in [-0.05, 0) is 28.3 Å². The lowest BCUT2D eigenvalue weighted by atomic mass is 10.1. The molecule has 0 amide bonds. The molecule has 0 fully saturated rings. The van der Waals surface area contributed by atoms with Gasteiger partial charge in [0.05, 0.1) is 6.33 Å². The van der Waals surface area contributed by atoms with E-state index in [-0.39, 0.29) is 0 Å². The molecule has 3 heteroatoms. The number of hydrogen-bond acceptors (Lipinski definition) is 2. The second-order valence-corrected chi connectivity index (χ2v) is 6.11. The van der Waals surface area contributed by atoms with Gasteiger partial charge in [-0.1, -0.05) is 60.7 Å². The SMILES string of the molecule is c1ccc(Cc2cncn2Cc2ccc(-c3cccnc3)cc2)cc1. The summed E-state index contributed by atoms with van der Waals surface area (Å²) >= 11 is 0. The van der Waals surface area contributed by atoms with Gasteiger partial charge in [0.1, 0.15) is 0 Å². The minimum atomic E-state index is 0.829. The monoisotopic (exact) mass is 325 g/mol. The van der Waals surface area contributed by atoms with Crippen molar-refractivity contribution in [1.29, 1.82) is 0 Å². The summed E-state index contributed by atoms with van der Waals surface area (Å²) in [7, 11) is 0. The van der Waals surface area contributed by atoms with Gasteiger partial charge in [-0.15, -0.1) is 0 Å². The van der Waals surface area contributed by atoms with Crippen LogP contribution in [0.5, 0.6) is 0 Å². The zero-order chi connectivity index (χ0) is 16.9. The molecule has 2 aromatic carbocycles. The lowest BCUT2D eigenvalue weighted by molar-refractivity contribution is 0.753. The third-order valence-corrected chi connectivity index (χ3v) is 4.33. The van der Waals surface area contributed by atoms with Crippen LogP contribution in [0.3, 0.4) is 0 Å². The molecule has 4 rings (SSSR count). The van der Waals surface area contributed by atoms with E-state index in [0.717, 1.165) is 18.5 Å². The molecule has 25 heavy (non-hydrogen) atoms. The van der Waals surface area contributed by atoms with E-state index >= 15 is 0 Å². The van der Waals surface area contributed by atoms with Crippen LogP contribution in [0.1, 0.15) is 16.8 Å². The van der Waals surface area contributed by atoms with Crippen LogP contribution < -0.4 is 0 Å². The molecule has 0 saturated heterocycles. The van der Waals surface area contributed by atoms with Crippen molar-refractivity contribution in [2.45, 2.75) is 13.0 Å². The smallest absolute Gasteiger partial charge is 0.0951 e. The minimum absolute atomic E-state index is 0.829. The fraction of sp³-hybridized carbons (Fsp3) is 0.0909. The van der Waals surface area contributed by atoms with Crippen molar-refractivity contribution in [2.75, 3.05) is 0 Å². The van der Waals surface area contributed by atoms with Crippen molar-refractivity contribution < 1.29 is 0 Å². The molecule has 2 heterocycles. The lowest BCUT2D eigenvalue weighted by Crippen LogP contribution is -2.03. The van der Waals surface area contributed by atoms with Gasteiger partial charge in [-0.3, -0.25) is 4.98 Å². The Morgan fingerprint density at radius 1 is 0.680 bits per heavy atom. The summed E-state index contributed by atoms with van der Waals surface area (Å²) in [5, 5.41) is 0. The summed E-state index contributed by atoms with van der Waals surface area (Å²) in [6.45, 7) is 0.829. The van der Waals surface area contributed by atoms with Gasteiger partial charge in [-0.2, -0.15) is 0 Å². The van der Waals surface area contributed by atoms with E-state index in [0.29, 0.717) is 0 Å². The first-order valence-corrected chi connectivity index (χ1v) is 8.41. The predicted octanol–water partition coefficient (Wildman–Crippen LogP) is 4.58. The van der Waals surface area contributed by atoms with E-state index in [2.05, 4.69) is 69.1 Å². The standard InChI is InChI=1S/C22H19N3/c1-2-5-18(6-3-1)13-22-15-24-17-25(22)16-19-8-10-20(11-9-19)21-7-4-12-23-14-21/h1-12,14-15,17H,13,16H2. The number of nitrogens with zero attached hydrogens (tertiary/aromatic N) is 3. The second kappa shape index (κ2) is 7.14. The molecule has 4 aromatic rings. The Bertz CT molecular complexity index is 926. The van der Waals surface area contributed by atoms with Crippen molar-refractivity contribution in [3.63, 3.8) is 0 Å². The van der Waals surface area contributed by atoms with Crippen LogP contribution in [-0.2, 0) is 13.0 Å². The summed E-state index contributed by atoms with van der Waals surface area (Å²) < 4.78 is 2.21. The highest BCUT2D eigenvalue weighted by Gasteiger charge is 2.05. The third-order valence-electron chi connectivity index (χ3n) is 4.33. The highest BCUT2D eigenvalue weighted by atomic mass is 15.0. The van der Waals surface area contributed by atoms with Crippen LogP contribution in [0.2, 0.25) is 0 Å². The lowest BCUT2D eigenvalue weighted by Gasteiger charge is -2.09. The maximum absolute atomic E-state index is 4.33. The molecule has 0 aliphatic carbocycles. The Balaban J connectivity index is 1.51. The molecule has 122 valence electrons. The van der Waals surface area contributed by atoms with Gasteiger partial charge >= 0.3 is 0 Å². The Labute approximate surface area is 147 Å². The van der Waals surface area contributed by atoms with Gasteiger partial charge in [0, 0.05) is 37.3 Å². The molecular formula is C22H19N3. The Morgan fingerprint density at radius 2 is 1.52 bits per heavy atom. The molecule has 0 aliphatic rings. The summed E-state index contributed by atoms with van der Waals surface area (Å²) in [5.74, 6) is 0. The maximum atomic E-state index is 4.33. The van der Waals surface area contributed by atoms with Crippen LogP contribution in [-0.4, -0.2) is 14.5 Å². The van der Waals surface area contributed by atoms with E-state index in [9.17, 15) is 0 Å². The van der Waals surface area contributed by atoms with Crippen molar-refractivity contribution >= 4 is 0 Å². The van der Waals surface area contributed by atoms with Crippen LogP contribution in [0.25, 0.3) is 11.1 Å². The normalized spacial score (nSPS) is 10.7. The third kappa shape index (κ3) is 3.66. The second-order valence-electron chi connectivity index (χ2n) is 6.11. The van der Waals surface area contributed by atoms with Crippen LogP contribution in [0.4, 0.5) is 0 Å². The number of pyridine rings is 1. The first-order valence-electron chi connectivity index (χ1n) is 8.41. The van der Waals surface area contributed by atoms with E-state index in [1.807, 2.05) is 30.9 Å². The van der Waals surface area contributed by atoms with Gasteiger partial charge in [0.25, 0.3) is 0 Å². The Morgan fingerprint density at radius 3 is 2.28 bits per heavy atom. The number of benzene rings is 2. The fourth-order valence-electron chi connectivity index (χ4n) is 2.98. The van der Waals surface area contributed by atoms with Crippen molar-refractivity contribution in [1.82, 2.24) is 14.5 Å². The van der Waals surface area contributed by atoms with E-state index in [4.69, 9.17) is 0 Å². The molecule has 0 N–H and O–H groups in total. The number of imidazole rings is 1. The average molecular weight is 325 g/mol. The maximum Gasteiger partial charge on any atom is 0.0951 e. The van der Waals surface area contributed by atoms with Crippen molar-refractivity contribution in [3.8, 4) is 11.1 Å². The fourth-order valence-corrected chi connectivity index (χ4v) is 2.98. The molecule has 0 radical (unpaired) electrons. The van der Waals surface area contributed by atoms with Gasteiger partial charge in [0.15, 0.2) is 0 Å². The first kappa shape index (κ1) is 15.3. The molecule has 2 aromatic heterocycles. The van der Waals surface area contributed by atoms with Gasteiger partial charge in [0.2, 0.25) is 0 Å². The minimum Gasteiger partial charge on any atom is -0.330 e. The average Bonchev–Trinajstić information content (AvgIpc) is 3.10. The zero-order valence-electron chi connectivity index (χ0n) is 13.9. The van der Waals surface area contributed by atoms with Crippen molar-refractivity contribution in [2.24, 2.45) is 0 Å². The topological polar surface area (TPSA) is 30.7 Å². The summed E-state index contributed by atoms with van der Waals surface area (Å²) in [4.78, 5) is 8.52. The molecule has 0 unspecified atom stereocenters. The van der Waals surface area contributed by atoms with Gasteiger partial charge < -0.3 is 4.57 Å². The molecule has 0 aliphatic heterocycles. The number of aromatic nitrogens is 3. The largest absolute Gasteiger partial charge is 0.330 e. The quantitative estimate of drug-likeness (QED) is 0.537. The molecule has 0 spiro atoms. The van der Waals surface area contributed by atoms with Crippen molar-refractivity contribution in [3.05, 3.63) is 108 Å². The van der Waals surface area contributed by atoms with E-state index in [1.54, 1.807) is 6.20 Å². The zero-order valence-corrected chi connectivity index (χ0v) is 13.9. The van der Waals surface area contributed by atoms with Crippen LogP contribution in [0.15, 0.2) is 91.6 Å². The van der Waals surface area contributed by atoms with Crippen LogP contribution >= 0.6 is 0 Å². The Kier molecular flexibility index (Phi) is 4.38. The highest BCUT2D eigenvalue weighted by Crippen LogP contribution is 2.19. The van der Waals surface area contributed by atoms with Crippen LogP contribution in [0, 0.1) is 0 Å². The Hall–Kier alpha value is -3.20. The summed E-state index contributed by atoms with van der Waals surface area (Å²) in [5.41, 5.74) is 6.12. The highest BCUT2D eigenvalue weighted by molar-refractivity contribution is 5.62. The summed E-state index contributed by atoms with van der Waals surface area (Å²) in [6.07, 6.45) is 8.45. The number of hydrogen-bond donors (Lipinski definition) is 0. The molecule has 0 saturated carbocycles. The van der Waals surface area contributed by atoms with E-state index in [1.165, 1.54) is 22.4 Å². The predicted molar refractivity (Wildman–Crippen MR) is 100 cm³/mol. The first-order chi connectivity index (χ1) is 12.4. The molecular weight excluding hydrogens is 306 g/mol. The number of rotatable bonds is 5. The summed E-state index contributed by atoms with van der Waals surface area (Å²) in [6, 6.07) is 23.2. The molecule has 0 atom stereocenters. The van der Waals surface area contributed by atoms with Gasteiger partial charge in [-0.25, -0.2) is 4.98 Å². The van der Waals surface area contributed by atoms with E-state index < -0.39 is 0 Å². The molecule has 3 nitrogen and oxygen atoms in total. The molecule has 0 bridgehead atoms.